The first-order valence-electron chi connectivity index (χ1n) is 8.10. The van der Waals surface area contributed by atoms with Crippen LogP contribution in [0.2, 0.25) is 0 Å². The molecule has 2 fully saturated rings. The average Bonchev–Trinajstić information content (AvgIpc) is 2.89. The third-order valence-electron chi connectivity index (χ3n) is 4.47. The van der Waals surface area contributed by atoms with Gasteiger partial charge in [-0.3, -0.25) is 19.8 Å². The number of nitro groups is 1. The number of hydrogen-bond donors (Lipinski definition) is 0. The Morgan fingerprint density at radius 1 is 1.36 bits per heavy atom. The van der Waals surface area contributed by atoms with Crippen molar-refractivity contribution in [2.45, 2.75) is 38.1 Å². The minimum absolute atomic E-state index is 0.0465. The van der Waals surface area contributed by atoms with Gasteiger partial charge in [0.05, 0.1) is 16.9 Å². The molecule has 3 rings (SSSR count). The molecule has 2 aliphatic rings. The van der Waals surface area contributed by atoms with Gasteiger partial charge in [0.2, 0.25) is 0 Å². The fraction of sp³-hybridized carbons (Fsp3) is 0.412. The molecule has 0 N–H and O–H groups in total. The van der Waals surface area contributed by atoms with Gasteiger partial charge in [-0.05, 0) is 25.0 Å². The summed E-state index contributed by atoms with van der Waals surface area (Å²) < 4.78 is 5.82. The van der Waals surface area contributed by atoms with Gasteiger partial charge in [-0.1, -0.05) is 43.2 Å². The summed E-state index contributed by atoms with van der Waals surface area (Å²) in [7, 11) is 1.49. The molecule has 6 nitrogen and oxygen atoms in total. The van der Waals surface area contributed by atoms with Crippen LogP contribution >= 0.6 is 24.0 Å². The number of ether oxygens (including phenoxy) is 1. The molecule has 0 unspecified atom stereocenters. The van der Waals surface area contributed by atoms with E-state index in [4.69, 9.17) is 17.0 Å². The Kier molecular flexibility index (Phi) is 5.39. The second-order valence-corrected chi connectivity index (χ2v) is 7.70. The number of nitrogens with zero attached hydrogens (tertiary/aromatic N) is 2. The zero-order valence-corrected chi connectivity index (χ0v) is 15.4. The lowest BCUT2D eigenvalue weighted by Crippen LogP contribution is -2.39. The van der Waals surface area contributed by atoms with Crippen LogP contribution in [0, 0.1) is 10.1 Å². The van der Waals surface area contributed by atoms with Crippen molar-refractivity contribution in [1.82, 2.24) is 4.90 Å². The summed E-state index contributed by atoms with van der Waals surface area (Å²) in [6.45, 7) is 0. The average molecular weight is 378 g/mol. The lowest BCUT2D eigenvalue weighted by atomic mass is 9.94. The van der Waals surface area contributed by atoms with Crippen LogP contribution in [0.1, 0.15) is 37.7 Å². The monoisotopic (exact) mass is 378 g/mol. The molecule has 1 saturated carbocycles. The maximum Gasteiger partial charge on any atom is 0.270 e. The number of benzene rings is 1. The number of non-ortho nitro benzene ring substituents is 1. The zero-order valence-electron chi connectivity index (χ0n) is 13.8. The van der Waals surface area contributed by atoms with E-state index in [2.05, 4.69) is 0 Å². The summed E-state index contributed by atoms with van der Waals surface area (Å²) in [5.41, 5.74) is 0.454. The van der Waals surface area contributed by atoms with Crippen LogP contribution in [-0.2, 0) is 4.79 Å². The van der Waals surface area contributed by atoms with Crippen molar-refractivity contribution in [2.75, 3.05) is 7.11 Å². The van der Waals surface area contributed by atoms with E-state index in [1.165, 1.54) is 43.5 Å². The zero-order chi connectivity index (χ0) is 18.0. The molecule has 0 bridgehead atoms. The Morgan fingerprint density at radius 2 is 2.08 bits per heavy atom. The molecule has 1 aromatic carbocycles. The topological polar surface area (TPSA) is 72.7 Å². The molecule has 132 valence electrons. The van der Waals surface area contributed by atoms with Crippen molar-refractivity contribution < 1.29 is 14.5 Å². The van der Waals surface area contributed by atoms with E-state index in [0.717, 1.165) is 25.7 Å². The Labute approximate surface area is 155 Å². The largest absolute Gasteiger partial charge is 0.496 e. The number of hydrogen-bond acceptors (Lipinski definition) is 6. The molecule has 1 aliphatic carbocycles. The van der Waals surface area contributed by atoms with Gasteiger partial charge < -0.3 is 4.74 Å². The molecule has 25 heavy (non-hydrogen) atoms. The molecule has 0 aromatic heterocycles. The standard InChI is InChI=1S/C17H18N2O4S2/c1-23-14-8-7-13(19(21)22)9-11(14)10-15-16(20)18(17(24)25-15)12-5-3-2-4-6-12/h7-10,12H,2-6H2,1H3. The number of nitro benzene ring substituents is 1. The minimum atomic E-state index is -0.468. The molecule has 1 heterocycles. The van der Waals surface area contributed by atoms with E-state index in [-0.39, 0.29) is 17.6 Å². The van der Waals surface area contributed by atoms with Gasteiger partial charge in [-0.2, -0.15) is 0 Å². The van der Waals surface area contributed by atoms with Crippen LogP contribution in [0.5, 0.6) is 5.75 Å². The number of amides is 1. The number of methoxy groups -OCH3 is 1. The van der Waals surface area contributed by atoms with Crippen LogP contribution in [0.4, 0.5) is 5.69 Å². The highest BCUT2D eigenvalue weighted by molar-refractivity contribution is 8.26. The van der Waals surface area contributed by atoms with E-state index >= 15 is 0 Å². The predicted octanol–water partition coefficient (Wildman–Crippen LogP) is 4.14. The molecule has 1 saturated heterocycles. The van der Waals surface area contributed by atoms with E-state index in [9.17, 15) is 14.9 Å². The maximum absolute atomic E-state index is 12.8. The van der Waals surface area contributed by atoms with Gasteiger partial charge in [0, 0.05) is 23.7 Å². The number of carbonyl (C=O) groups is 1. The quantitative estimate of drug-likeness (QED) is 0.339. The SMILES string of the molecule is COc1ccc([N+](=O)[O-])cc1C=C1SC(=S)N(C2CCCCC2)C1=O. The van der Waals surface area contributed by atoms with Crippen LogP contribution in [0.15, 0.2) is 23.1 Å². The molecular weight excluding hydrogens is 360 g/mol. The van der Waals surface area contributed by atoms with Crippen LogP contribution in [-0.4, -0.2) is 33.2 Å². The smallest absolute Gasteiger partial charge is 0.270 e. The van der Waals surface area contributed by atoms with E-state index in [1.807, 2.05) is 0 Å². The molecule has 1 amide bonds. The molecule has 0 atom stereocenters. The van der Waals surface area contributed by atoms with Crippen molar-refractivity contribution in [3.05, 3.63) is 38.8 Å². The number of carbonyl (C=O) groups excluding carboxylic acids is 1. The van der Waals surface area contributed by atoms with Crippen LogP contribution < -0.4 is 4.74 Å². The van der Waals surface area contributed by atoms with Crippen molar-refractivity contribution in [3.8, 4) is 5.75 Å². The van der Waals surface area contributed by atoms with Gasteiger partial charge in [0.15, 0.2) is 0 Å². The fourth-order valence-corrected chi connectivity index (χ4v) is 4.61. The molecule has 0 radical (unpaired) electrons. The summed E-state index contributed by atoms with van der Waals surface area (Å²) in [6.07, 6.45) is 7.00. The van der Waals surface area contributed by atoms with Gasteiger partial charge in [0.25, 0.3) is 11.6 Å². The normalized spacial score (nSPS) is 20.4. The van der Waals surface area contributed by atoms with Crippen LogP contribution in [0.3, 0.4) is 0 Å². The number of thioether (sulfide) groups is 1. The highest BCUT2D eigenvalue weighted by Gasteiger charge is 2.37. The Balaban J connectivity index is 1.91. The van der Waals surface area contributed by atoms with Crippen molar-refractivity contribution in [3.63, 3.8) is 0 Å². The fourth-order valence-electron chi connectivity index (χ4n) is 3.22. The van der Waals surface area contributed by atoms with Gasteiger partial charge in [0.1, 0.15) is 10.1 Å². The molecule has 1 aromatic rings. The molecular formula is C17H18N2O4S2. The van der Waals surface area contributed by atoms with E-state index in [1.54, 1.807) is 11.0 Å². The third-order valence-corrected chi connectivity index (χ3v) is 5.80. The Hall–Kier alpha value is -1.93. The van der Waals surface area contributed by atoms with E-state index < -0.39 is 4.92 Å². The molecule has 1 aliphatic heterocycles. The van der Waals surface area contributed by atoms with E-state index in [0.29, 0.717) is 20.5 Å². The highest BCUT2D eigenvalue weighted by atomic mass is 32.2. The van der Waals surface area contributed by atoms with Crippen molar-refractivity contribution >= 4 is 46.0 Å². The Bertz CT molecular complexity index is 757. The van der Waals surface area contributed by atoms with Gasteiger partial charge in [-0.25, -0.2) is 0 Å². The maximum atomic E-state index is 12.8. The lowest BCUT2D eigenvalue weighted by Gasteiger charge is -2.29. The molecule has 8 heteroatoms. The number of rotatable bonds is 4. The summed E-state index contributed by atoms with van der Waals surface area (Å²) in [4.78, 5) is 25.6. The summed E-state index contributed by atoms with van der Waals surface area (Å²) in [6, 6.07) is 4.49. The van der Waals surface area contributed by atoms with Crippen molar-refractivity contribution in [1.29, 1.82) is 0 Å². The first kappa shape index (κ1) is 17.9. The lowest BCUT2D eigenvalue weighted by molar-refractivity contribution is -0.384. The number of thiocarbonyl (C=S) groups is 1. The third kappa shape index (κ3) is 3.69. The second-order valence-electron chi connectivity index (χ2n) is 6.03. The summed E-state index contributed by atoms with van der Waals surface area (Å²) >= 11 is 6.66. The first-order valence-corrected chi connectivity index (χ1v) is 9.33. The Morgan fingerprint density at radius 3 is 2.72 bits per heavy atom. The van der Waals surface area contributed by atoms with Gasteiger partial charge >= 0.3 is 0 Å². The second kappa shape index (κ2) is 7.53. The van der Waals surface area contributed by atoms with Gasteiger partial charge in [-0.15, -0.1) is 0 Å². The minimum Gasteiger partial charge on any atom is -0.496 e. The molecule has 0 spiro atoms. The summed E-state index contributed by atoms with van der Waals surface area (Å²) in [5, 5.41) is 11.0. The van der Waals surface area contributed by atoms with Crippen LogP contribution in [0.25, 0.3) is 6.08 Å². The van der Waals surface area contributed by atoms with Crippen molar-refractivity contribution in [2.24, 2.45) is 0 Å². The predicted molar refractivity (Wildman–Crippen MR) is 102 cm³/mol. The first-order chi connectivity index (χ1) is 12.0. The summed E-state index contributed by atoms with van der Waals surface area (Å²) in [5.74, 6) is 0.365. The highest BCUT2D eigenvalue weighted by Crippen LogP contribution is 2.38.